The molecule has 3 rings (SSSR count). The molecule has 0 aliphatic carbocycles. The molecule has 1 aliphatic heterocycles. The highest BCUT2D eigenvalue weighted by Gasteiger charge is 2.35. The molecule has 1 aromatic heterocycles. The molecule has 0 saturated carbocycles. The van der Waals surface area contributed by atoms with Gasteiger partial charge in [0.2, 0.25) is 10.0 Å². The number of hydrogen-bond donors (Lipinski definition) is 3. The molecule has 0 spiro atoms. The minimum absolute atomic E-state index is 0.000579. The smallest absolute Gasteiger partial charge is 0.245 e. The zero-order valence-corrected chi connectivity index (χ0v) is 12.6. The quantitative estimate of drug-likeness (QED) is 0.740. The standard InChI is InChI=1S/C14H19N3O3S/c1-9(18)10-4-5-17(8-10)21(19,20)14-7-16-13-6-11(15)2-3-12(13)14/h2-3,6-7,9-10,16,18H,4-5,8,15H2,1H3. The Labute approximate surface area is 123 Å². The first-order valence-corrected chi connectivity index (χ1v) is 8.38. The van der Waals surface area contributed by atoms with Crippen molar-refractivity contribution in [3.05, 3.63) is 24.4 Å². The molecule has 2 atom stereocenters. The van der Waals surface area contributed by atoms with E-state index >= 15 is 0 Å². The molecule has 7 heteroatoms. The normalized spacial score (nSPS) is 21.9. The van der Waals surface area contributed by atoms with Crippen LogP contribution in [0, 0.1) is 5.92 Å². The van der Waals surface area contributed by atoms with E-state index in [-0.39, 0.29) is 10.8 Å². The predicted octanol–water partition coefficient (Wildman–Crippen LogP) is 1.14. The van der Waals surface area contributed by atoms with Crippen molar-refractivity contribution in [3.63, 3.8) is 0 Å². The number of anilines is 1. The summed E-state index contributed by atoms with van der Waals surface area (Å²) in [4.78, 5) is 3.22. The zero-order chi connectivity index (χ0) is 15.2. The molecule has 1 fully saturated rings. The Morgan fingerprint density at radius 3 is 2.90 bits per heavy atom. The number of sulfonamides is 1. The minimum atomic E-state index is -3.55. The van der Waals surface area contributed by atoms with Crippen LogP contribution in [0.5, 0.6) is 0 Å². The van der Waals surface area contributed by atoms with Gasteiger partial charge in [0.1, 0.15) is 4.90 Å². The van der Waals surface area contributed by atoms with E-state index in [4.69, 9.17) is 5.73 Å². The van der Waals surface area contributed by atoms with Gasteiger partial charge in [-0.25, -0.2) is 8.42 Å². The van der Waals surface area contributed by atoms with Crippen molar-refractivity contribution in [1.82, 2.24) is 9.29 Å². The van der Waals surface area contributed by atoms with Gasteiger partial charge in [-0.3, -0.25) is 0 Å². The Morgan fingerprint density at radius 2 is 2.24 bits per heavy atom. The maximum absolute atomic E-state index is 12.8. The highest BCUT2D eigenvalue weighted by molar-refractivity contribution is 7.89. The molecule has 0 amide bonds. The van der Waals surface area contributed by atoms with E-state index in [1.54, 1.807) is 25.1 Å². The van der Waals surface area contributed by atoms with Gasteiger partial charge in [0.15, 0.2) is 0 Å². The molecular weight excluding hydrogens is 290 g/mol. The summed E-state index contributed by atoms with van der Waals surface area (Å²) >= 11 is 0. The first-order chi connectivity index (χ1) is 9.89. The maximum Gasteiger partial charge on any atom is 0.245 e. The van der Waals surface area contributed by atoms with Crippen LogP contribution < -0.4 is 5.73 Å². The van der Waals surface area contributed by atoms with Gasteiger partial charge >= 0.3 is 0 Å². The number of rotatable bonds is 3. The lowest BCUT2D eigenvalue weighted by Gasteiger charge is -2.17. The summed E-state index contributed by atoms with van der Waals surface area (Å²) in [6.45, 7) is 2.51. The number of H-pyrrole nitrogens is 1. The lowest BCUT2D eigenvalue weighted by Crippen LogP contribution is -2.30. The number of nitrogens with zero attached hydrogens (tertiary/aromatic N) is 1. The van der Waals surface area contributed by atoms with E-state index in [1.807, 2.05) is 0 Å². The van der Waals surface area contributed by atoms with Crippen LogP contribution >= 0.6 is 0 Å². The average molecular weight is 309 g/mol. The van der Waals surface area contributed by atoms with Crippen molar-refractivity contribution in [3.8, 4) is 0 Å². The van der Waals surface area contributed by atoms with E-state index in [0.717, 1.165) is 0 Å². The first-order valence-electron chi connectivity index (χ1n) is 6.94. The number of fused-ring (bicyclic) bond motifs is 1. The summed E-state index contributed by atoms with van der Waals surface area (Å²) in [5.74, 6) is 0.000579. The van der Waals surface area contributed by atoms with Gasteiger partial charge in [0.25, 0.3) is 0 Å². The monoisotopic (exact) mass is 309 g/mol. The second-order valence-electron chi connectivity index (χ2n) is 5.61. The first kappa shape index (κ1) is 14.4. The van der Waals surface area contributed by atoms with Crippen molar-refractivity contribution >= 4 is 26.6 Å². The predicted molar refractivity (Wildman–Crippen MR) is 81.3 cm³/mol. The third kappa shape index (κ3) is 2.41. The number of aliphatic hydroxyl groups excluding tert-OH is 1. The van der Waals surface area contributed by atoms with Gasteiger partial charge in [-0.05, 0) is 37.5 Å². The SMILES string of the molecule is CC(O)C1CCN(S(=O)(=O)c2c[nH]c3cc(N)ccc23)C1. The topological polar surface area (TPSA) is 99.4 Å². The molecule has 21 heavy (non-hydrogen) atoms. The summed E-state index contributed by atoms with van der Waals surface area (Å²) in [5.41, 5.74) is 7.00. The van der Waals surface area contributed by atoms with E-state index in [0.29, 0.717) is 36.1 Å². The van der Waals surface area contributed by atoms with Gasteiger partial charge in [-0.2, -0.15) is 4.31 Å². The summed E-state index contributed by atoms with van der Waals surface area (Å²) in [5, 5.41) is 10.3. The lowest BCUT2D eigenvalue weighted by atomic mass is 10.0. The Morgan fingerprint density at radius 1 is 1.48 bits per heavy atom. The molecule has 2 aromatic rings. The summed E-state index contributed by atoms with van der Waals surface area (Å²) in [7, 11) is -3.55. The van der Waals surface area contributed by atoms with Gasteiger partial charge in [0.05, 0.1) is 6.10 Å². The van der Waals surface area contributed by atoms with E-state index in [2.05, 4.69) is 4.98 Å². The summed E-state index contributed by atoms with van der Waals surface area (Å²) in [6, 6.07) is 5.13. The largest absolute Gasteiger partial charge is 0.399 e. The second kappa shape index (κ2) is 5.01. The van der Waals surface area contributed by atoms with Gasteiger partial charge in [-0.1, -0.05) is 0 Å². The van der Waals surface area contributed by atoms with E-state index in [1.165, 1.54) is 10.5 Å². The minimum Gasteiger partial charge on any atom is -0.399 e. The number of aliphatic hydroxyl groups is 1. The number of nitrogens with two attached hydrogens (primary N) is 1. The molecular formula is C14H19N3O3S. The van der Waals surface area contributed by atoms with Crippen molar-refractivity contribution < 1.29 is 13.5 Å². The van der Waals surface area contributed by atoms with Crippen LogP contribution in [-0.2, 0) is 10.0 Å². The Bertz CT molecular complexity index is 767. The van der Waals surface area contributed by atoms with Crippen LogP contribution in [0.4, 0.5) is 5.69 Å². The molecule has 4 N–H and O–H groups in total. The van der Waals surface area contributed by atoms with Gasteiger partial charge < -0.3 is 15.8 Å². The molecule has 6 nitrogen and oxygen atoms in total. The van der Waals surface area contributed by atoms with Crippen molar-refractivity contribution in [1.29, 1.82) is 0 Å². The number of aromatic nitrogens is 1. The van der Waals surface area contributed by atoms with E-state index < -0.39 is 16.1 Å². The van der Waals surface area contributed by atoms with Crippen molar-refractivity contribution in [2.45, 2.75) is 24.3 Å². The van der Waals surface area contributed by atoms with Crippen molar-refractivity contribution in [2.24, 2.45) is 5.92 Å². The molecule has 0 radical (unpaired) electrons. The Hall–Kier alpha value is -1.57. The lowest BCUT2D eigenvalue weighted by molar-refractivity contribution is 0.133. The number of aromatic amines is 1. The fraction of sp³-hybridized carbons (Fsp3) is 0.429. The van der Waals surface area contributed by atoms with Gasteiger partial charge in [0, 0.05) is 35.9 Å². The number of hydrogen-bond acceptors (Lipinski definition) is 4. The van der Waals surface area contributed by atoms with Crippen LogP contribution in [0.3, 0.4) is 0 Å². The summed E-state index contributed by atoms with van der Waals surface area (Å²) < 4.78 is 27.0. The highest BCUT2D eigenvalue weighted by atomic mass is 32.2. The third-order valence-electron chi connectivity index (χ3n) is 4.16. The molecule has 2 heterocycles. The zero-order valence-electron chi connectivity index (χ0n) is 11.8. The van der Waals surface area contributed by atoms with Crippen LogP contribution in [0.2, 0.25) is 0 Å². The number of benzene rings is 1. The average Bonchev–Trinajstić information content (AvgIpc) is 3.05. The molecule has 1 aromatic carbocycles. The molecule has 0 bridgehead atoms. The van der Waals surface area contributed by atoms with Gasteiger partial charge in [-0.15, -0.1) is 0 Å². The molecule has 1 aliphatic rings. The molecule has 2 unspecified atom stereocenters. The second-order valence-corrected chi connectivity index (χ2v) is 7.52. The molecule has 1 saturated heterocycles. The van der Waals surface area contributed by atoms with E-state index in [9.17, 15) is 13.5 Å². The number of nitrogen functional groups attached to an aromatic ring is 1. The maximum atomic E-state index is 12.8. The molecule has 114 valence electrons. The third-order valence-corrected chi connectivity index (χ3v) is 6.06. The summed E-state index contributed by atoms with van der Waals surface area (Å²) in [6.07, 6.45) is 1.70. The Kier molecular flexibility index (Phi) is 3.43. The van der Waals surface area contributed by atoms with Crippen LogP contribution in [0.1, 0.15) is 13.3 Å². The fourth-order valence-corrected chi connectivity index (χ4v) is 4.51. The van der Waals surface area contributed by atoms with Crippen molar-refractivity contribution in [2.75, 3.05) is 18.8 Å². The Balaban J connectivity index is 1.98. The van der Waals surface area contributed by atoms with Crippen LogP contribution in [0.15, 0.2) is 29.3 Å². The van der Waals surface area contributed by atoms with Crippen LogP contribution in [-0.4, -0.2) is 42.0 Å². The van der Waals surface area contributed by atoms with Crippen LogP contribution in [0.25, 0.3) is 10.9 Å². The number of nitrogens with one attached hydrogen (secondary N) is 1. The fourth-order valence-electron chi connectivity index (χ4n) is 2.84. The highest BCUT2D eigenvalue weighted by Crippen LogP contribution is 2.30.